The molecule has 0 saturated carbocycles. The van der Waals surface area contributed by atoms with Gasteiger partial charge in [0.25, 0.3) is 0 Å². The predicted molar refractivity (Wildman–Crippen MR) is 53.1 cm³/mol. The van der Waals surface area contributed by atoms with Gasteiger partial charge in [-0.15, -0.1) is 0 Å². The van der Waals surface area contributed by atoms with Crippen LogP contribution in [0.1, 0.15) is 13.8 Å². The minimum atomic E-state index is -3.24. The minimum Gasteiger partial charge on any atom is -0.382 e. The number of rotatable bonds is 4. The van der Waals surface area contributed by atoms with Gasteiger partial charge in [0.2, 0.25) is 8.03 Å². The van der Waals surface area contributed by atoms with Gasteiger partial charge in [0.15, 0.2) is 9.84 Å². The average Bonchev–Trinajstić information content (AvgIpc) is 1.84. The van der Waals surface area contributed by atoms with Gasteiger partial charge >= 0.3 is 0 Å². The van der Waals surface area contributed by atoms with Crippen molar-refractivity contribution in [3.05, 3.63) is 0 Å². The molecule has 0 aliphatic heterocycles. The summed E-state index contributed by atoms with van der Waals surface area (Å²) in [7, 11) is -6.07. The predicted octanol–water partition coefficient (Wildman–Crippen LogP) is 0.498. The largest absolute Gasteiger partial charge is 0.382 e. The molecule has 1 unspecified atom stereocenters. The Labute approximate surface area is 79.9 Å². The highest BCUT2D eigenvalue weighted by molar-refractivity contribution is 7.95. The van der Waals surface area contributed by atoms with Crippen molar-refractivity contribution >= 4 is 17.9 Å². The van der Waals surface area contributed by atoms with Crippen LogP contribution in [0.15, 0.2) is 0 Å². The summed E-state index contributed by atoms with van der Waals surface area (Å²) in [6, 6.07) is 0. The molecule has 0 spiro atoms. The summed E-state index contributed by atoms with van der Waals surface area (Å²) in [6.07, 6.45) is 0.922. The maximum absolute atomic E-state index is 10.1. The lowest BCUT2D eigenvalue weighted by Crippen LogP contribution is -1.97. The third-order valence-electron chi connectivity index (χ3n) is 0.794. The van der Waals surface area contributed by atoms with E-state index < -0.39 is 23.4 Å². The molecule has 0 aliphatic rings. The molecule has 0 rings (SSSR count). The Kier molecular flexibility index (Phi) is 10.4. The summed E-state index contributed by atoms with van der Waals surface area (Å²) in [5, 5.41) is 0. The molecule has 0 radical (unpaired) electrons. The van der Waals surface area contributed by atoms with Crippen LogP contribution in [0.4, 0.5) is 0 Å². The maximum atomic E-state index is 10.1. The van der Waals surface area contributed by atoms with E-state index in [1.165, 1.54) is 0 Å². The van der Waals surface area contributed by atoms with Gasteiger partial charge in [0.1, 0.15) is 5.49 Å². The van der Waals surface area contributed by atoms with Crippen molar-refractivity contribution < 1.29 is 22.6 Å². The highest BCUT2D eigenvalue weighted by atomic mass is 32.2. The smallest absolute Gasteiger partial charge is 0.203 e. The Balaban J connectivity index is 0. The molecule has 0 amide bonds. The number of sulfone groups is 1. The Bertz CT molecular complexity index is 221. The van der Waals surface area contributed by atoms with Gasteiger partial charge in [0.05, 0.1) is 0 Å². The van der Waals surface area contributed by atoms with Crippen LogP contribution in [-0.4, -0.2) is 38.3 Å². The van der Waals surface area contributed by atoms with Gasteiger partial charge in [-0.1, -0.05) is 0 Å². The molecular formula is C6H17O5PS. The molecule has 0 heterocycles. The lowest BCUT2D eigenvalue weighted by molar-refractivity contribution is 0.162. The number of hydrogen-bond acceptors (Lipinski definition) is 4. The second kappa shape index (κ2) is 8.69. The first kappa shape index (κ1) is 15.6. The van der Waals surface area contributed by atoms with Crippen LogP contribution in [0.3, 0.4) is 0 Å². The van der Waals surface area contributed by atoms with Gasteiger partial charge in [-0.2, -0.15) is 0 Å². The SMILES string of the molecule is CCOCC.CS(=O)(=O)C[PH](=O)O. The molecule has 1 N–H and O–H groups in total. The first-order chi connectivity index (χ1) is 5.83. The van der Waals surface area contributed by atoms with E-state index in [4.69, 9.17) is 9.63 Å². The highest BCUT2D eigenvalue weighted by Gasteiger charge is 2.04. The topological polar surface area (TPSA) is 80.7 Å². The molecule has 1 atom stereocenters. The zero-order valence-electron chi connectivity index (χ0n) is 8.11. The van der Waals surface area contributed by atoms with E-state index in [1.54, 1.807) is 0 Å². The molecule has 5 nitrogen and oxygen atoms in total. The third-order valence-corrected chi connectivity index (χ3v) is 3.88. The molecule has 0 aromatic heterocycles. The van der Waals surface area contributed by atoms with Gasteiger partial charge in [0, 0.05) is 19.5 Å². The lowest BCUT2D eigenvalue weighted by Gasteiger charge is -1.88. The fraction of sp³-hybridized carbons (Fsp3) is 1.00. The standard InChI is InChI=1S/C4H10O.C2H7O4PS/c1-3-5-4-2;1-8(5,6)2-7(3)4/h3-4H2,1-2H3;7H,2H2,1H3,(H,3,4). The van der Waals surface area contributed by atoms with Crippen molar-refractivity contribution in [2.75, 3.05) is 25.0 Å². The Morgan fingerprint density at radius 2 is 1.69 bits per heavy atom. The van der Waals surface area contributed by atoms with Crippen LogP contribution >= 0.6 is 8.03 Å². The summed E-state index contributed by atoms with van der Waals surface area (Å²) in [4.78, 5) is 8.06. The molecule has 0 aliphatic carbocycles. The summed E-state index contributed by atoms with van der Waals surface area (Å²) < 4.78 is 34.9. The van der Waals surface area contributed by atoms with Gasteiger partial charge in [-0.25, -0.2) is 8.42 Å². The monoisotopic (exact) mass is 232 g/mol. The van der Waals surface area contributed by atoms with Crippen molar-refractivity contribution in [2.45, 2.75) is 13.8 Å². The quantitative estimate of drug-likeness (QED) is 0.714. The molecular weight excluding hydrogens is 215 g/mol. The third kappa shape index (κ3) is 24.5. The lowest BCUT2D eigenvalue weighted by atomic mass is 10.8. The van der Waals surface area contributed by atoms with Crippen molar-refractivity contribution in [1.82, 2.24) is 0 Å². The molecule has 7 heteroatoms. The van der Waals surface area contributed by atoms with Crippen LogP contribution in [-0.2, 0) is 19.1 Å². The summed E-state index contributed by atoms with van der Waals surface area (Å²) in [5.74, 6) is 0. The van der Waals surface area contributed by atoms with Crippen LogP contribution < -0.4 is 0 Å². The van der Waals surface area contributed by atoms with Crippen LogP contribution in [0.25, 0.3) is 0 Å². The molecule has 82 valence electrons. The van der Waals surface area contributed by atoms with E-state index in [-0.39, 0.29) is 0 Å². The van der Waals surface area contributed by atoms with E-state index in [9.17, 15) is 13.0 Å². The summed E-state index contributed by atoms with van der Waals surface area (Å²) in [6.45, 7) is 5.67. The van der Waals surface area contributed by atoms with Crippen molar-refractivity contribution in [3.8, 4) is 0 Å². The zero-order valence-corrected chi connectivity index (χ0v) is 9.93. The Hall–Kier alpha value is 0.1000. The number of hydrogen-bond donors (Lipinski definition) is 1. The Morgan fingerprint density at radius 3 is 1.69 bits per heavy atom. The van der Waals surface area contributed by atoms with Gasteiger partial charge in [-0.3, -0.25) is 4.57 Å². The van der Waals surface area contributed by atoms with E-state index in [2.05, 4.69) is 0 Å². The van der Waals surface area contributed by atoms with Gasteiger partial charge in [-0.05, 0) is 13.8 Å². The number of ether oxygens (including phenoxy) is 1. The molecule has 0 fully saturated rings. The van der Waals surface area contributed by atoms with Crippen molar-refractivity contribution in [2.24, 2.45) is 0 Å². The zero-order chi connectivity index (χ0) is 10.9. The summed E-state index contributed by atoms with van der Waals surface area (Å²) in [5.41, 5.74) is -0.600. The minimum absolute atomic E-state index is 0.600. The van der Waals surface area contributed by atoms with E-state index in [1.807, 2.05) is 13.8 Å². The van der Waals surface area contributed by atoms with Crippen molar-refractivity contribution in [1.29, 1.82) is 0 Å². The fourth-order valence-corrected chi connectivity index (χ4v) is 2.22. The maximum Gasteiger partial charge on any atom is 0.203 e. The van der Waals surface area contributed by atoms with Crippen LogP contribution in [0, 0.1) is 0 Å². The van der Waals surface area contributed by atoms with E-state index >= 15 is 0 Å². The highest BCUT2D eigenvalue weighted by Crippen LogP contribution is 2.14. The normalized spacial score (nSPS) is 12.9. The second-order valence-electron chi connectivity index (χ2n) is 2.25. The summed E-state index contributed by atoms with van der Waals surface area (Å²) >= 11 is 0. The molecule has 0 aromatic rings. The molecule has 0 saturated heterocycles. The second-order valence-corrected chi connectivity index (χ2v) is 6.04. The van der Waals surface area contributed by atoms with E-state index in [0.717, 1.165) is 19.5 Å². The Morgan fingerprint density at radius 1 is 1.31 bits per heavy atom. The van der Waals surface area contributed by atoms with Crippen molar-refractivity contribution in [3.63, 3.8) is 0 Å². The van der Waals surface area contributed by atoms with E-state index in [0.29, 0.717) is 0 Å². The first-order valence-electron chi connectivity index (χ1n) is 3.80. The van der Waals surface area contributed by atoms with Gasteiger partial charge < -0.3 is 9.63 Å². The average molecular weight is 232 g/mol. The van der Waals surface area contributed by atoms with Crippen LogP contribution in [0.5, 0.6) is 0 Å². The molecule has 13 heavy (non-hydrogen) atoms. The molecule has 0 bridgehead atoms. The van der Waals surface area contributed by atoms with Crippen LogP contribution in [0.2, 0.25) is 0 Å². The fourth-order valence-electron chi connectivity index (χ4n) is 0.428. The molecule has 0 aromatic carbocycles. The first-order valence-corrected chi connectivity index (χ1v) is 7.43.